The van der Waals surface area contributed by atoms with Gasteiger partial charge in [0.05, 0.1) is 0 Å². The summed E-state index contributed by atoms with van der Waals surface area (Å²) in [7, 11) is 0. The molecular formula is C19H31N3O. The van der Waals surface area contributed by atoms with Crippen LogP contribution in [-0.2, 0) is 4.79 Å². The summed E-state index contributed by atoms with van der Waals surface area (Å²) in [5, 5.41) is 3.49. The Hall–Kier alpha value is -1.55. The van der Waals surface area contributed by atoms with Gasteiger partial charge in [0.2, 0.25) is 5.91 Å². The lowest BCUT2D eigenvalue weighted by molar-refractivity contribution is -0.132. The number of likely N-dealkylation sites (N-methyl/N-ethyl adjacent to an activating group) is 1. The van der Waals surface area contributed by atoms with Gasteiger partial charge >= 0.3 is 0 Å². The van der Waals surface area contributed by atoms with Crippen molar-refractivity contribution in [2.45, 2.75) is 40.0 Å². The van der Waals surface area contributed by atoms with E-state index in [9.17, 15) is 4.79 Å². The molecule has 0 spiro atoms. The molecule has 1 N–H and O–H groups in total. The first-order chi connectivity index (χ1) is 11.0. The molecule has 128 valence electrons. The number of piperazine rings is 1. The predicted octanol–water partition coefficient (Wildman–Crippen LogP) is 3.08. The maximum absolute atomic E-state index is 12.4. The van der Waals surface area contributed by atoms with E-state index in [-0.39, 0.29) is 5.91 Å². The summed E-state index contributed by atoms with van der Waals surface area (Å²) in [4.78, 5) is 16.8. The third-order valence-electron chi connectivity index (χ3n) is 4.74. The second kappa shape index (κ2) is 8.34. The first kappa shape index (κ1) is 17.8. The molecule has 1 amide bonds. The molecule has 4 heteroatoms. The standard InChI is InChI=1S/C19H31N3O/c1-5-21-11-13-22(14-12-21)18(23)9-10-20-19-16(4)7-6-8-17(19)15(2)3/h6-8,15,20H,5,9-14H2,1-4H3. The average Bonchev–Trinajstić information content (AvgIpc) is 2.56. The van der Waals surface area contributed by atoms with Gasteiger partial charge in [0.1, 0.15) is 0 Å². The lowest BCUT2D eigenvalue weighted by Gasteiger charge is -2.34. The zero-order valence-corrected chi connectivity index (χ0v) is 15.1. The monoisotopic (exact) mass is 317 g/mol. The molecule has 1 fully saturated rings. The van der Waals surface area contributed by atoms with Crippen LogP contribution in [0, 0.1) is 6.92 Å². The normalized spacial score (nSPS) is 16.0. The fourth-order valence-corrected chi connectivity index (χ4v) is 3.18. The SMILES string of the molecule is CCN1CCN(C(=O)CCNc2c(C)cccc2C(C)C)CC1. The molecular weight excluding hydrogens is 286 g/mol. The Morgan fingerprint density at radius 3 is 2.52 bits per heavy atom. The second-order valence-electron chi connectivity index (χ2n) is 6.69. The molecule has 0 aliphatic carbocycles. The van der Waals surface area contributed by atoms with Crippen molar-refractivity contribution in [1.29, 1.82) is 0 Å². The van der Waals surface area contributed by atoms with Crippen molar-refractivity contribution in [1.82, 2.24) is 9.80 Å². The van der Waals surface area contributed by atoms with Crippen LogP contribution in [0.1, 0.15) is 44.2 Å². The second-order valence-corrected chi connectivity index (χ2v) is 6.69. The van der Waals surface area contributed by atoms with E-state index in [0.29, 0.717) is 18.9 Å². The molecule has 1 aromatic rings. The van der Waals surface area contributed by atoms with Crippen LogP contribution in [0.4, 0.5) is 5.69 Å². The molecule has 23 heavy (non-hydrogen) atoms. The Bertz CT molecular complexity index is 519. The van der Waals surface area contributed by atoms with Crippen molar-refractivity contribution >= 4 is 11.6 Å². The Morgan fingerprint density at radius 1 is 1.22 bits per heavy atom. The summed E-state index contributed by atoms with van der Waals surface area (Å²) in [6, 6.07) is 6.40. The van der Waals surface area contributed by atoms with Gasteiger partial charge in [-0.1, -0.05) is 39.0 Å². The van der Waals surface area contributed by atoms with E-state index in [0.717, 1.165) is 32.7 Å². The highest BCUT2D eigenvalue weighted by Gasteiger charge is 2.19. The van der Waals surface area contributed by atoms with Crippen LogP contribution >= 0.6 is 0 Å². The summed E-state index contributed by atoms with van der Waals surface area (Å²) < 4.78 is 0. The smallest absolute Gasteiger partial charge is 0.224 e. The van der Waals surface area contributed by atoms with Crippen LogP contribution in [0.2, 0.25) is 0 Å². The maximum atomic E-state index is 12.4. The summed E-state index contributed by atoms with van der Waals surface area (Å²) in [6.45, 7) is 14.2. The molecule has 1 aromatic carbocycles. The van der Waals surface area contributed by atoms with Crippen molar-refractivity contribution in [2.75, 3.05) is 44.6 Å². The molecule has 1 saturated heterocycles. The van der Waals surface area contributed by atoms with Crippen LogP contribution in [0.15, 0.2) is 18.2 Å². The van der Waals surface area contributed by atoms with Crippen molar-refractivity contribution < 1.29 is 4.79 Å². The van der Waals surface area contributed by atoms with Crippen molar-refractivity contribution in [3.63, 3.8) is 0 Å². The largest absolute Gasteiger partial charge is 0.384 e. The van der Waals surface area contributed by atoms with Gasteiger partial charge in [-0.25, -0.2) is 0 Å². The van der Waals surface area contributed by atoms with E-state index in [2.05, 4.69) is 56.1 Å². The number of rotatable bonds is 6. The number of para-hydroxylation sites is 1. The summed E-state index contributed by atoms with van der Waals surface area (Å²) in [5.41, 5.74) is 3.78. The highest BCUT2D eigenvalue weighted by atomic mass is 16.2. The number of nitrogens with zero attached hydrogens (tertiary/aromatic N) is 2. The molecule has 0 aromatic heterocycles. The lowest BCUT2D eigenvalue weighted by Crippen LogP contribution is -2.48. The Kier molecular flexibility index (Phi) is 6.46. The van der Waals surface area contributed by atoms with E-state index < -0.39 is 0 Å². The molecule has 1 aliphatic heterocycles. The fourth-order valence-electron chi connectivity index (χ4n) is 3.18. The van der Waals surface area contributed by atoms with Gasteiger partial charge in [0.15, 0.2) is 0 Å². The van der Waals surface area contributed by atoms with Crippen molar-refractivity contribution in [3.05, 3.63) is 29.3 Å². The third kappa shape index (κ3) is 4.71. The third-order valence-corrected chi connectivity index (χ3v) is 4.74. The summed E-state index contributed by atoms with van der Waals surface area (Å²) in [5.74, 6) is 0.753. The van der Waals surface area contributed by atoms with Crippen molar-refractivity contribution in [2.24, 2.45) is 0 Å². The van der Waals surface area contributed by atoms with Gasteiger partial charge < -0.3 is 15.1 Å². The van der Waals surface area contributed by atoms with Gasteiger partial charge in [-0.05, 0) is 30.5 Å². The van der Waals surface area contributed by atoms with E-state index >= 15 is 0 Å². The number of hydrogen-bond donors (Lipinski definition) is 1. The predicted molar refractivity (Wildman–Crippen MR) is 97.1 cm³/mol. The summed E-state index contributed by atoms with van der Waals surface area (Å²) >= 11 is 0. The Labute approximate surface area is 140 Å². The number of hydrogen-bond acceptors (Lipinski definition) is 3. The summed E-state index contributed by atoms with van der Waals surface area (Å²) in [6.07, 6.45) is 0.567. The molecule has 0 saturated carbocycles. The van der Waals surface area contributed by atoms with Crippen molar-refractivity contribution in [3.8, 4) is 0 Å². The zero-order valence-electron chi connectivity index (χ0n) is 15.1. The highest BCUT2D eigenvalue weighted by molar-refractivity contribution is 5.77. The minimum Gasteiger partial charge on any atom is -0.384 e. The Balaban J connectivity index is 1.85. The zero-order chi connectivity index (χ0) is 16.8. The molecule has 0 atom stereocenters. The molecule has 0 bridgehead atoms. The Morgan fingerprint density at radius 2 is 1.91 bits per heavy atom. The molecule has 1 heterocycles. The molecule has 1 aliphatic rings. The first-order valence-corrected chi connectivity index (χ1v) is 8.86. The van der Waals surface area contributed by atoms with Crippen LogP contribution in [0.25, 0.3) is 0 Å². The number of nitrogens with one attached hydrogen (secondary N) is 1. The number of amides is 1. The molecule has 0 unspecified atom stereocenters. The average molecular weight is 317 g/mol. The topological polar surface area (TPSA) is 35.6 Å². The quantitative estimate of drug-likeness (QED) is 0.876. The number of aryl methyl sites for hydroxylation is 1. The first-order valence-electron chi connectivity index (χ1n) is 8.86. The van der Waals surface area contributed by atoms with Gasteiger partial charge in [-0.3, -0.25) is 4.79 Å². The number of benzene rings is 1. The highest BCUT2D eigenvalue weighted by Crippen LogP contribution is 2.27. The van der Waals surface area contributed by atoms with Gasteiger partial charge in [-0.2, -0.15) is 0 Å². The number of carbonyl (C=O) groups is 1. The van der Waals surface area contributed by atoms with Crippen LogP contribution in [0.5, 0.6) is 0 Å². The number of anilines is 1. The minimum atomic E-state index is 0.271. The van der Waals surface area contributed by atoms with Gasteiger partial charge in [0.25, 0.3) is 0 Å². The molecule has 0 radical (unpaired) electrons. The minimum absolute atomic E-state index is 0.271. The van der Waals surface area contributed by atoms with E-state index in [4.69, 9.17) is 0 Å². The van der Waals surface area contributed by atoms with E-state index in [1.807, 2.05) is 4.90 Å². The van der Waals surface area contributed by atoms with Crippen LogP contribution in [0.3, 0.4) is 0 Å². The van der Waals surface area contributed by atoms with Gasteiger partial charge in [-0.15, -0.1) is 0 Å². The maximum Gasteiger partial charge on any atom is 0.224 e. The fraction of sp³-hybridized carbons (Fsp3) is 0.632. The van der Waals surface area contributed by atoms with Crippen LogP contribution < -0.4 is 5.32 Å². The lowest BCUT2D eigenvalue weighted by atomic mass is 9.98. The number of carbonyl (C=O) groups excluding carboxylic acids is 1. The molecule has 2 rings (SSSR count). The van der Waals surface area contributed by atoms with Gasteiger partial charge in [0, 0.05) is 44.8 Å². The van der Waals surface area contributed by atoms with E-state index in [1.54, 1.807) is 0 Å². The molecule has 4 nitrogen and oxygen atoms in total. The van der Waals surface area contributed by atoms with Crippen LogP contribution in [-0.4, -0.2) is 55.0 Å². The van der Waals surface area contributed by atoms with E-state index in [1.165, 1.54) is 16.8 Å².